The van der Waals surface area contributed by atoms with Crippen LogP contribution in [0.1, 0.15) is 28.4 Å². The highest BCUT2D eigenvalue weighted by molar-refractivity contribution is 8.00. The number of aromatic nitrogens is 6. The van der Waals surface area contributed by atoms with Crippen LogP contribution in [-0.2, 0) is 14.1 Å². The largest absolute Gasteiger partial charge is 0.384 e. The van der Waals surface area contributed by atoms with Gasteiger partial charge >= 0.3 is 5.69 Å². The van der Waals surface area contributed by atoms with E-state index < -0.39 is 22.3 Å². The maximum absolute atomic E-state index is 13.0. The number of anilines is 1. The molecule has 0 aliphatic heterocycles. The lowest BCUT2D eigenvalue weighted by atomic mass is 10.1. The highest BCUT2D eigenvalue weighted by Crippen LogP contribution is 2.27. The van der Waals surface area contributed by atoms with E-state index in [0.717, 1.165) is 37.7 Å². The predicted octanol–water partition coefficient (Wildman–Crippen LogP) is 0.622. The number of tetrazole rings is 1. The summed E-state index contributed by atoms with van der Waals surface area (Å²) >= 11 is 1.11. The molecule has 0 amide bonds. The Bertz CT molecular complexity index is 1230. The molecule has 0 saturated heterocycles. The van der Waals surface area contributed by atoms with Crippen LogP contribution in [0.2, 0.25) is 0 Å². The molecule has 0 radical (unpaired) electrons. The fourth-order valence-corrected chi connectivity index (χ4v) is 3.73. The summed E-state index contributed by atoms with van der Waals surface area (Å²) in [4.78, 5) is 37.4. The second-order valence-corrected chi connectivity index (χ2v) is 7.99. The van der Waals surface area contributed by atoms with Crippen LogP contribution in [-0.4, -0.2) is 40.4 Å². The van der Waals surface area contributed by atoms with Gasteiger partial charge in [0, 0.05) is 14.1 Å². The molecule has 29 heavy (non-hydrogen) atoms. The second kappa shape index (κ2) is 7.66. The van der Waals surface area contributed by atoms with E-state index in [0.29, 0.717) is 5.16 Å². The molecule has 0 aliphatic carbocycles. The zero-order valence-corrected chi connectivity index (χ0v) is 17.5. The summed E-state index contributed by atoms with van der Waals surface area (Å²) in [5, 5.41) is 11.5. The quantitative estimate of drug-likeness (QED) is 0.474. The lowest BCUT2D eigenvalue weighted by Gasteiger charge is -2.14. The lowest BCUT2D eigenvalue weighted by molar-refractivity contribution is 0.0992. The van der Waals surface area contributed by atoms with Crippen molar-refractivity contribution >= 4 is 23.4 Å². The van der Waals surface area contributed by atoms with Crippen molar-refractivity contribution in [2.45, 2.75) is 31.2 Å². The van der Waals surface area contributed by atoms with E-state index in [1.165, 1.54) is 14.1 Å². The number of carbonyl (C=O) groups is 1. The van der Waals surface area contributed by atoms with Crippen LogP contribution < -0.4 is 17.0 Å². The van der Waals surface area contributed by atoms with E-state index in [2.05, 4.69) is 15.5 Å². The standard InChI is InChI=1S/C18H21N7O3S/c1-9-7-6-8-12(10(9)2)25-17(20-21-22-25)29-11(3)14(26)13-15(19)23(4)18(28)24(5)16(13)27/h6-8,11H,19H2,1-5H3. The monoisotopic (exact) mass is 415 g/mol. The first kappa shape index (κ1) is 20.5. The van der Waals surface area contributed by atoms with Crippen LogP contribution in [0.25, 0.3) is 5.69 Å². The fourth-order valence-electron chi connectivity index (χ4n) is 2.88. The summed E-state index contributed by atoms with van der Waals surface area (Å²) in [6, 6.07) is 5.77. The van der Waals surface area contributed by atoms with Gasteiger partial charge in [0.25, 0.3) is 5.56 Å². The molecule has 3 aromatic rings. The lowest BCUT2D eigenvalue weighted by Crippen LogP contribution is -2.42. The van der Waals surface area contributed by atoms with Crippen molar-refractivity contribution in [1.29, 1.82) is 0 Å². The number of hydrogen-bond acceptors (Lipinski definition) is 8. The Hall–Kier alpha value is -3.21. The average Bonchev–Trinajstić information content (AvgIpc) is 3.14. The van der Waals surface area contributed by atoms with E-state index in [9.17, 15) is 14.4 Å². The van der Waals surface area contributed by atoms with E-state index in [1.807, 2.05) is 32.0 Å². The number of carbonyl (C=O) groups excluding carboxylic acids is 1. The van der Waals surface area contributed by atoms with Crippen molar-refractivity contribution in [2.24, 2.45) is 14.1 Å². The minimum Gasteiger partial charge on any atom is -0.384 e. The third-order valence-corrected chi connectivity index (χ3v) is 5.89. The molecule has 11 heteroatoms. The van der Waals surface area contributed by atoms with Crippen molar-refractivity contribution in [2.75, 3.05) is 5.73 Å². The molecule has 10 nitrogen and oxygen atoms in total. The van der Waals surface area contributed by atoms with Crippen LogP contribution in [0.5, 0.6) is 0 Å². The number of nitrogens with zero attached hydrogens (tertiary/aromatic N) is 6. The van der Waals surface area contributed by atoms with Crippen LogP contribution in [0.15, 0.2) is 32.9 Å². The van der Waals surface area contributed by atoms with Gasteiger partial charge in [-0.15, -0.1) is 5.10 Å². The Kier molecular flexibility index (Phi) is 5.42. The van der Waals surface area contributed by atoms with Gasteiger partial charge in [0.05, 0.1) is 10.9 Å². The van der Waals surface area contributed by atoms with Gasteiger partial charge < -0.3 is 5.73 Å². The van der Waals surface area contributed by atoms with Crippen molar-refractivity contribution in [3.8, 4) is 5.69 Å². The fraction of sp³-hybridized carbons (Fsp3) is 0.333. The molecular formula is C18H21N7O3S. The zero-order valence-electron chi connectivity index (χ0n) is 16.7. The number of nitrogen functional groups attached to an aromatic ring is 1. The van der Waals surface area contributed by atoms with Crippen LogP contribution >= 0.6 is 11.8 Å². The van der Waals surface area contributed by atoms with Crippen LogP contribution in [0.4, 0.5) is 5.82 Å². The highest BCUT2D eigenvalue weighted by atomic mass is 32.2. The van der Waals surface area contributed by atoms with Gasteiger partial charge in [-0.1, -0.05) is 23.9 Å². The number of rotatable bonds is 5. The topological polar surface area (TPSA) is 131 Å². The Balaban J connectivity index is 1.98. The predicted molar refractivity (Wildman–Crippen MR) is 110 cm³/mol. The van der Waals surface area contributed by atoms with Crippen molar-refractivity contribution in [3.05, 3.63) is 55.7 Å². The molecule has 1 unspecified atom stereocenters. The number of aryl methyl sites for hydroxylation is 1. The van der Waals surface area contributed by atoms with E-state index in [4.69, 9.17) is 5.73 Å². The van der Waals surface area contributed by atoms with E-state index in [-0.39, 0.29) is 11.4 Å². The summed E-state index contributed by atoms with van der Waals surface area (Å²) in [6.07, 6.45) is 0. The van der Waals surface area contributed by atoms with Gasteiger partial charge in [-0.2, -0.15) is 4.68 Å². The second-order valence-electron chi connectivity index (χ2n) is 6.68. The van der Waals surface area contributed by atoms with Crippen molar-refractivity contribution in [3.63, 3.8) is 0 Å². The SMILES string of the molecule is Cc1cccc(-n2nnnc2SC(C)C(=O)c2c(N)n(C)c(=O)n(C)c2=O)c1C. The molecule has 0 fully saturated rings. The maximum atomic E-state index is 13.0. The number of nitrogens with two attached hydrogens (primary N) is 1. The van der Waals surface area contributed by atoms with Gasteiger partial charge in [0.15, 0.2) is 5.78 Å². The minimum atomic E-state index is -0.725. The smallest absolute Gasteiger partial charge is 0.332 e. The number of Topliss-reactive ketones (excluding diaryl/α,β-unsaturated/α-hetero) is 1. The van der Waals surface area contributed by atoms with E-state index >= 15 is 0 Å². The molecule has 2 heterocycles. The van der Waals surface area contributed by atoms with Crippen LogP contribution in [0.3, 0.4) is 0 Å². The Labute approximate surface area is 170 Å². The first-order chi connectivity index (χ1) is 13.6. The molecule has 0 aliphatic rings. The number of benzene rings is 1. The third kappa shape index (κ3) is 3.48. The summed E-state index contributed by atoms with van der Waals surface area (Å²) in [5.41, 5.74) is 7.25. The molecule has 2 N–H and O–H groups in total. The number of ketones is 1. The van der Waals surface area contributed by atoms with Gasteiger partial charge in [0.2, 0.25) is 5.16 Å². The molecule has 0 saturated carbocycles. The summed E-state index contributed by atoms with van der Waals surface area (Å²) in [6.45, 7) is 5.59. The number of hydrogen-bond donors (Lipinski definition) is 1. The molecule has 152 valence electrons. The highest BCUT2D eigenvalue weighted by Gasteiger charge is 2.27. The molecule has 2 aromatic heterocycles. The minimum absolute atomic E-state index is 0.162. The molecule has 1 aromatic carbocycles. The Morgan fingerprint density at radius 3 is 2.55 bits per heavy atom. The first-order valence-electron chi connectivity index (χ1n) is 8.76. The van der Waals surface area contributed by atoms with Gasteiger partial charge in [-0.25, -0.2) is 4.79 Å². The molecular weight excluding hydrogens is 394 g/mol. The van der Waals surface area contributed by atoms with Gasteiger partial charge in [-0.3, -0.25) is 18.7 Å². The summed E-state index contributed by atoms with van der Waals surface area (Å²) in [7, 11) is 2.71. The zero-order chi connectivity index (χ0) is 21.5. The molecule has 0 spiro atoms. The first-order valence-corrected chi connectivity index (χ1v) is 9.64. The molecule has 0 bridgehead atoms. The normalized spacial score (nSPS) is 12.2. The Morgan fingerprint density at radius 1 is 1.17 bits per heavy atom. The third-order valence-electron chi connectivity index (χ3n) is 4.85. The molecule has 1 atom stereocenters. The summed E-state index contributed by atoms with van der Waals surface area (Å²) < 4.78 is 3.49. The van der Waals surface area contributed by atoms with Crippen molar-refractivity contribution in [1.82, 2.24) is 29.3 Å². The van der Waals surface area contributed by atoms with Gasteiger partial charge in [0.1, 0.15) is 11.4 Å². The molecule has 3 rings (SSSR count). The maximum Gasteiger partial charge on any atom is 0.332 e. The number of thioether (sulfide) groups is 1. The van der Waals surface area contributed by atoms with Gasteiger partial charge in [-0.05, 0) is 48.4 Å². The van der Waals surface area contributed by atoms with Crippen molar-refractivity contribution < 1.29 is 4.79 Å². The van der Waals surface area contributed by atoms with Crippen LogP contribution in [0, 0.1) is 13.8 Å². The van der Waals surface area contributed by atoms with E-state index in [1.54, 1.807) is 11.6 Å². The summed E-state index contributed by atoms with van der Waals surface area (Å²) in [5.74, 6) is -0.663. The Morgan fingerprint density at radius 2 is 1.86 bits per heavy atom. The average molecular weight is 415 g/mol.